The highest BCUT2D eigenvalue weighted by Crippen LogP contribution is 2.30. The molecule has 0 aliphatic carbocycles. The average Bonchev–Trinajstić information content (AvgIpc) is 2.78. The monoisotopic (exact) mass is 503 g/mol. The molecule has 0 radical (unpaired) electrons. The SMILES string of the molecule is CCCCCNC(=O)C(c1cccc(C)c1C)N(C(=O)CNC(=O)OC(C)(C)C)C(C)CCC(C)C. The number of carbonyl (C=O) groups is 3. The second-order valence-electron chi connectivity index (χ2n) is 11.2. The van der Waals surface area contributed by atoms with E-state index in [2.05, 4.69) is 31.4 Å². The van der Waals surface area contributed by atoms with Gasteiger partial charge in [-0.1, -0.05) is 51.8 Å². The lowest BCUT2D eigenvalue weighted by Crippen LogP contribution is -2.51. The van der Waals surface area contributed by atoms with Crippen LogP contribution in [0.1, 0.15) is 103 Å². The van der Waals surface area contributed by atoms with Gasteiger partial charge in [0.25, 0.3) is 0 Å². The molecule has 2 unspecified atom stereocenters. The summed E-state index contributed by atoms with van der Waals surface area (Å²) in [7, 11) is 0. The standard InChI is InChI=1S/C29H49N3O4/c1-10-11-12-18-30-27(34)26(24-15-13-14-21(4)23(24)6)32(22(5)17-16-20(2)3)25(33)19-31-28(35)36-29(7,8)9/h13-15,20,22,26H,10-12,16-19H2,1-9H3,(H,30,34)(H,31,35). The third-order valence-electron chi connectivity index (χ3n) is 6.25. The van der Waals surface area contributed by atoms with Crippen LogP contribution in [0.2, 0.25) is 0 Å². The predicted molar refractivity (Wildman–Crippen MR) is 146 cm³/mol. The molecule has 1 rings (SSSR count). The number of aryl methyl sites for hydroxylation is 1. The number of ether oxygens (including phenoxy) is 1. The third-order valence-corrected chi connectivity index (χ3v) is 6.25. The van der Waals surface area contributed by atoms with Crippen LogP contribution in [-0.2, 0) is 14.3 Å². The largest absolute Gasteiger partial charge is 0.444 e. The second-order valence-corrected chi connectivity index (χ2v) is 11.2. The Morgan fingerprint density at radius 2 is 1.67 bits per heavy atom. The average molecular weight is 504 g/mol. The third kappa shape index (κ3) is 10.6. The van der Waals surface area contributed by atoms with E-state index in [1.54, 1.807) is 25.7 Å². The Hall–Kier alpha value is -2.57. The summed E-state index contributed by atoms with van der Waals surface area (Å²) in [5, 5.41) is 5.66. The van der Waals surface area contributed by atoms with E-state index in [0.717, 1.165) is 48.8 Å². The highest BCUT2D eigenvalue weighted by atomic mass is 16.6. The van der Waals surface area contributed by atoms with E-state index in [9.17, 15) is 14.4 Å². The first kappa shape index (κ1) is 31.5. The van der Waals surface area contributed by atoms with Gasteiger partial charge in [0.05, 0.1) is 0 Å². The second kappa shape index (κ2) is 14.9. The molecular weight excluding hydrogens is 454 g/mol. The molecule has 0 fully saturated rings. The van der Waals surface area contributed by atoms with Gasteiger partial charge >= 0.3 is 6.09 Å². The van der Waals surface area contributed by atoms with E-state index in [-0.39, 0.29) is 24.4 Å². The summed E-state index contributed by atoms with van der Waals surface area (Å²) in [5.74, 6) is -0.0418. The van der Waals surface area contributed by atoms with Crippen LogP contribution in [0.3, 0.4) is 0 Å². The van der Waals surface area contributed by atoms with Crippen molar-refractivity contribution in [2.75, 3.05) is 13.1 Å². The van der Waals surface area contributed by atoms with Gasteiger partial charge in [-0.2, -0.15) is 0 Å². The molecule has 0 saturated carbocycles. The molecule has 0 spiro atoms. The lowest BCUT2D eigenvalue weighted by atomic mass is 9.93. The summed E-state index contributed by atoms with van der Waals surface area (Å²) in [4.78, 5) is 41.3. The predicted octanol–water partition coefficient (Wildman–Crippen LogP) is 5.83. The molecule has 204 valence electrons. The number of amides is 3. The Bertz CT molecular complexity index is 861. The minimum absolute atomic E-state index is 0.193. The molecule has 0 bridgehead atoms. The summed E-state index contributed by atoms with van der Waals surface area (Å²) < 4.78 is 5.31. The summed E-state index contributed by atoms with van der Waals surface area (Å²) in [6, 6.07) is 4.87. The lowest BCUT2D eigenvalue weighted by molar-refractivity contribution is -0.142. The van der Waals surface area contributed by atoms with Crippen molar-refractivity contribution < 1.29 is 19.1 Å². The summed E-state index contributed by atoms with van der Waals surface area (Å²) in [6.07, 6.45) is 3.99. The minimum Gasteiger partial charge on any atom is -0.444 e. The molecule has 3 amide bonds. The van der Waals surface area contributed by atoms with Crippen LogP contribution in [0.5, 0.6) is 0 Å². The van der Waals surface area contributed by atoms with Crippen LogP contribution in [0.4, 0.5) is 4.79 Å². The molecule has 1 aromatic rings. The van der Waals surface area contributed by atoms with Crippen molar-refractivity contribution in [2.45, 2.75) is 112 Å². The molecule has 0 aromatic heterocycles. The first-order valence-electron chi connectivity index (χ1n) is 13.4. The van der Waals surface area contributed by atoms with E-state index in [0.29, 0.717) is 12.5 Å². The molecular formula is C29H49N3O4. The quantitative estimate of drug-likeness (QED) is 0.332. The van der Waals surface area contributed by atoms with E-state index in [4.69, 9.17) is 4.74 Å². The fourth-order valence-electron chi connectivity index (χ4n) is 4.08. The van der Waals surface area contributed by atoms with Crippen LogP contribution in [0.25, 0.3) is 0 Å². The van der Waals surface area contributed by atoms with Crippen molar-refractivity contribution >= 4 is 17.9 Å². The molecule has 7 heteroatoms. The van der Waals surface area contributed by atoms with Gasteiger partial charge in [-0.3, -0.25) is 9.59 Å². The number of benzene rings is 1. The first-order valence-corrected chi connectivity index (χ1v) is 13.4. The maximum Gasteiger partial charge on any atom is 0.408 e. The van der Waals surface area contributed by atoms with E-state index < -0.39 is 17.7 Å². The molecule has 0 saturated heterocycles. The van der Waals surface area contributed by atoms with Gasteiger partial charge in [-0.05, 0) is 83.4 Å². The number of hydrogen-bond acceptors (Lipinski definition) is 4. The maximum absolute atomic E-state index is 13.7. The fourth-order valence-corrected chi connectivity index (χ4v) is 4.08. The Morgan fingerprint density at radius 3 is 2.25 bits per heavy atom. The smallest absolute Gasteiger partial charge is 0.408 e. The van der Waals surface area contributed by atoms with E-state index in [1.165, 1.54) is 0 Å². The molecule has 0 heterocycles. The Balaban J connectivity index is 3.36. The number of unbranched alkanes of at least 4 members (excludes halogenated alkanes) is 2. The normalized spacial score (nSPS) is 13.2. The van der Waals surface area contributed by atoms with Crippen LogP contribution in [0.15, 0.2) is 18.2 Å². The van der Waals surface area contributed by atoms with Crippen LogP contribution >= 0.6 is 0 Å². The van der Waals surface area contributed by atoms with Crippen molar-refractivity contribution in [1.82, 2.24) is 15.5 Å². The zero-order chi connectivity index (χ0) is 27.5. The van der Waals surface area contributed by atoms with Gasteiger partial charge in [-0.15, -0.1) is 0 Å². The Kier molecular flexibility index (Phi) is 13.0. The molecule has 0 aliphatic heterocycles. The topological polar surface area (TPSA) is 87.7 Å². The van der Waals surface area contributed by atoms with Gasteiger partial charge in [-0.25, -0.2) is 4.79 Å². The van der Waals surface area contributed by atoms with Crippen molar-refractivity contribution in [2.24, 2.45) is 5.92 Å². The molecule has 36 heavy (non-hydrogen) atoms. The summed E-state index contributed by atoms with van der Waals surface area (Å²) in [5.41, 5.74) is 2.19. The van der Waals surface area contributed by atoms with Crippen LogP contribution < -0.4 is 10.6 Å². The van der Waals surface area contributed by atoms with Gasteiger partial charge < -0.3 is 20.3 Å². The number of hydrogen-bond donors (Lipinski definition) is 2. The van der Waals surface area contributed by atoms with E-state index in [1.807, 2.05) is 39.0 Å². The summed E-state index contributed by atoms with van der Waals surface area (Å²) >= 11 is 0. The molecule has 2 atom stereocenters. The Morgan fingerprint density at radius 1 is 1.00 bits per heavy atom. The maximum atomic E-state index is 13.7. The van der Waals surface area contributed by atoms with Crippen molar-refractivity contribution in [3.05, 3.63) is 34.9 Å². The molecule has 2 N–H and O–H groups in total. The van der Waals surface area contributed by atoms with Crippen molar-refractivity contribution in [1.29, 1.82) is 0 Å². The number of rotatable bonds is 13. The van der Waals surface area contributed by atoms with Crippen LogP contribution in [0, 0.1) is 19.8 Å². The van der Waals surface area contributed by atoms with Crippen molar-refractivity contribution in [3.63, 3.8) is 0 Å². The highest BCUT2D eigenvalue weighted by Gasteiger charge is 2.35. The van der Waals surface area contributed by atoms with Gasteiger partial charge in [0.1, 0.15) is 18.2 Å². The van der Waals surface area contributed by atoms with Crippen LogP contribution in [-0.4, -0.2) is 47.5 Å². The molecule has 7 nitrogen and oxygen atoms in total. The number of nitrogens with zero attached hydrogens (tertiary/aromatic N) is 1. The lowest BCUT2D eigenvalue weighted by Gasteiger charge is -2.37. The minimum atomic E-state index is -0.790. The molecule has 0 aliphatic rings. The fraction of sp³-hybridized carbons (Fsp3) is 0.690. The molecule has 1 aromatic carbocycles. The van der Waals surface area contributed by atoms with Gasteiger partial charge in [0.15, 0.2) is 0 Å². The van der Waals surface area contributed by atoms with E-state index >= 15 is 0 Å². The highest BCUT2D eigenvalue weighted by molar-refractivity contribution is 5.91. The van der Waals surface area contributed by atoms with Gasteiger partial charge in [0.2, 0.25) is 11.8 Å². The Labute approximate surface area is 218 Å². The number of nitrogens with one attached hydrogen (secondary N) is 2. The summed E-state index contributed by atoms with van der Waals surface area (Å²) in [6.45, 7) is 18.0. The first-order chi connectivity index (χ1) is 16.8. The van der Waals surface area contributed by atoms with Crippen molar-refractivity contribution in [3.8, 4) is 0 Å². The zero-order valence-electron chi connectivity index (χ0n) is 24.0. The zero-order valence-corrected chi connectivity index (χ0v) is 24.0. The number of carbonyl (C=O) groups excluding carboxylic acids is 3. The van der Waals surface area contributed by atoms with Gasteiger partial charge in [0, 0.05) is 12.6 Å². The number of alkyl carbamates (subject to hydrolysis) is 1.